The fourth-order valence-electron chi connectivity index (χ4n) is 2.00. The molecule has 0 unspecified atom stereocenters. The maximum absolute atomic E-state index is 11.9. The summed E-state index contributed by atoms with van der Waals surface area (Å²) in [7, 11) is 0. The van der Waals surface area contributed by atoms with Gasteiger partial charge in [-0.3, -0.25) is 9.59 Å². The van der Waals surface area contributed by atoms with Crippen molar-refractivity contribution in [3.63, 3.8) is 0 Å². The second-order valence-corrected chi connectivity index (χ2v) is 5.26. The predicted octanol–water partition coefficient (Wildman–Crippen LogP) is 2.64. The highest BCUT2D eigenvalue weighted by Gasteiger charge is 2.15. The van der Waals surface area contributed by atoms with Crippen LogP contribution >= 0.6 is 0 Å². The molecule has 0 fully saturated rings. The van der Waals surface area contributed by atoms with Crippen molar-refractivity contribution < 1.29 is 29.0 Å². The smallest absolute Gasteiger partial charge is 0.339 e. The van der Waals surface area contributed by atoms with Crippen LogP contribution in [0.25, 0.3) is 0 Å². The second-order valence-electron chi connectivity index (χ2n) is 5.26. The number of carbonyl (C=O) groups excluding carboxylic acids is 2. The van der Waals surface area contributed by atoms with E-state index < -0.39 is 17.8 Å². The van der Waals surface area contributed by atoms with Gasteiger partial charge in [0.1, 0.15) is 17.1 Å². The number of carbonyl (C=O) groups is 3. The van der Waals surface area contributed by atoms with E-state index in [9.17, 15) is 19.5 Å². The molecule has 0 saturated carbocycles. The fourth-order valence-corrected chi connectivity index (χ4v) is 2.00. The van der Waals surface area contributed by atoms with Gasteiger partial charge < -0.3 is 19.9 Å². The van der Waals surface area contributed by atoms with Gasteiger partial charge in [-0.05, 0) is 37.3 Å². The Hall–Kier alpha value is -3.35. The molecule has 25 heavy (non-hydrogen) atoms. The average Bonchev–Trinajstić information content (AvgIpc) is 2.55. The zero-order valence-electron chi connectivity index (χ0n) is 13.7. The molecule has 2 aromatic rings. The van der Waals surface area contributed by atoms with Crippen molar-refractivity contribution in [3.8, 4) is 11.5 Å². The lowest BCUT2D eigenvalue weighted by molar-refractivity contribution is -0.131. The average molecular weight is 343 g/mol. The Labute approximate surface area is 144 Å². The van der Waals surface area contributed by atoms with Crippen LogP contribution < -0.4 is 14.8 Å². The molecule has 0 aromatic heterocycles. The molecule has 0 atom stereocenters. The van der Waals surface area contributed by atoms with E-state index in [1.807, 2.05) is 19.1 Å². The van der Waals surface area contributed by atoms with E-state index in [-0.39, 0.29) is 23.6 Å². The summed E-state index contributed by atoms with van der Waals surface area (Å²) in [6.45, 7) is 2.89. The van der Waals surface area contributed by atoms with Crippen LogP contribution in [0, 0.1) is 6.92 Å². The van der Waals surface area contributed by atoms with E-state index in [1.54, 1.807) is 12.1 Å². The molecular weight excluding hydrogens is 326 g/mol. The van der Waals surface area contributed by atoms with Gasteiger partial charge in [0.15, 0.2) is 6.61 Å². The molecular formula is C18H17NO6. The molecule has 0 saturated heterocycles. The Kier molecular flexibility index (Phi) is 5.73. The summed E-state index contributed by atoms with van der Waals surface area (Å²) >= 11 is 0. The lowest BCUT2D eigenvalue weighted by Gasteiger charge is -2.10. The molecule has 2 N–H and O–H groups in total. The Balaban J connectivity index is 2.02. The van der Waals surface area contributed by atoms with Crippen molar-refractivity contribution in [2.45, 2.75) is 13.8 Å². The second kappa shape index (κ2) is 7.96. The quantitative estimate of drug-likeness (QED) is 0.617. The van der Waals surface area contributed by atoms with Crippen LogP contribution in [0.2, 0.25) is 0 Å². The number of anilines is 1. The number of carboxylic acids is 1. The van der Waals surface area contributed by atoms with Crippen molar-refractivity contribution in [1.29, 1.82) is 0 Å². The number of hydrogen-bond donors (Lipinski definition) is 2. The van der Waals surface area contributed by atoms with Crippen LogP contribution in [0.4, 0.5) is 5.69 Å². The Morgan fingerprint density at radius 3 is 2.36 bits per heavy atom. The van der Waals surface area contributed by atoms with Gasteiger partial charge in [0.2, 0.25) is 0 Å². The van der Waals surface area contributed by atoms with Gasteiger partial charge in [0.25, 0.3) is 5.91 Å². The summed E-state index contributed by atoms with van der Waals surface area (Å²) in [6.07, 6.45) is 0. The summed E-state index contributed by atoms with van der Waals surface area (Å²) in [5.41, 5.74) is 1.10. The molecule has 0 heterocycles. The van der Waals surface area contributed by atoms with Gasteiger partial charge in [0.05, 0.1) is 0 Å². The number of benzene rings is 2. The maximum atomic E-state index is 11.9. The van der Waals surface area contributed by atoms with Crippen LogP contribution in [-0.2, 0) is 9.59 Å². The highest BCUT2D eigenvalue weighted by atomic mass is 16.5. The minimum Gasteiger partial charge on any atom is -0.484 e. The first kappa shape index (κ1) is 18.0. The lowest BCUT2D eigenvalue weighted by Crippen LogP contribution is -2.20. The maximum Gasteiger partial charge on any atom is 0.339 e. The number of rotatable bonds is 6. The largest absolute Gasteiger partial charge is 0.484 e. The van der Waals surface area contributed by atoms with Crippen molar-refractivity contribution in [1.82, 2.24) is 0 Å². The van der Waals surface area contributed by atoms with Crippen LogP contribution in [0.15, 0.2) is 42.5 Å². The molecule has 0 bridgehead atoms. The first-order valence-electron chi connectivity index (χ1n) is 7.40. The molecule has 2 rings (SSSR count). The van der Waals surface area contributed by atoms with Crippen molar-refractivity contribution in [2.75, 3.05) is 11.9 Å². The number of nitrogens with one attached hydrogen (secondary N) is 1. The summed E-state index contributed by atoms with van der Waals surface area (Å²) in [5.74, 6) is -1.89. The zero-order valence-corrected chi connectivity index (χ0v) is 13.7. The number of hydrogen-bond acceptors (Lipinski definition) is 5. The van der Waals surface area contributed by atoms with E-state index in [0.29, 0.717) is 5.75 Å². The molecule has 0 aliphatic heterocycles. The first-order chi connectivity index (χ1) is 11.8. The van der Waals surface area contributed by atoms with Crippen LogP contribution in [-0.4, -0.2) is 29.6 Å². The van der Waals surface area contributed by atoms with Crippen LogP contribution in [0.3, 0.4) is 0 Å². The van der Waals surface area contributed by atoms with Crippen molar-refractivity contribution in [3.05, 3.63) is 53.6 Å². The molecule has 0 aliphatic carbocycles. The van der Waals surface area contributed by atoms with E-state index in [2.05, 4.69) is 5.32 Å². The summed E-state index contributed by atoms with van der Waals surface area (Å²) in [6, 6.07) is 11.2. The molecule has 0 spiro atoms. The molecule has 7 nitrogen and oxygen atoms in total. The van der Waals surface area contributed by atoms with Crippen molar-refractivity contribution in [2.24, 2.45) is 0 Å². The highest BCUT2D eigenvalue weighted by Crippen LogP contribution is 2.23. The molecule has 7 heteroatoms. The molecule has 130 valence electrons. The summed E-state index contributed by atoms with van der Waals surface area (Å²) in [5, 5.41) is 11.7. The van der Waals surface area contributed by atoms with Crippen molar-refractivity contribution >= 4 is 23.5 Å². The number of ether oxygens (including phenoxy) is 2. The minimum absolute atomic E-state index is 0.0890. The van der Waals surface area contributed by atoms with Gasteiger partial charge in [0, 0.05) is 12.6 Å². The third kappa shape index (κ3) is 5.35. The third-order valence-corrected chi connectivity index (χ3v) is 3.14. The predicted molar refractivity (Wildman–Crippen MR) is 90.0 cm³/mol. The fraction of sp³-hybridized carbons (Fsp3) is 0.167. The third-order valence-electron chi connectivity index (χ3n) is 3.14. The number of aromatic carboxylic acids is 1. The number of aryl methyl sites for hydroxylation is 1. The van der Waals surface area contributed by atoms with Gasteiger partial charge in [-0.15, -0.1) is 0 Å². The van der Waals surface area contributed by atoms with E-state index in [4.69, 9.17) is 9.47 Å². The number of esters is 1. The van der Waals surface area contributed by atoms with Crippen LogP contribution in [0.5, 0.6) is 11.5 Å². The van der Waals surface area contributed by atoms with Gasteiger partial charge in [-0.2, -0.15) is 0 Å². The normalized spacial score (nSPS) is 10.0. The first-order valence-corrected chi connectivity index (χ1v) is 7.40. The molecule has 0 aliphatic rings. The monoisotopic (exact) mass is 343 g/mol. The van der Waals surface area contributed by atoms with E-state index >= 15 is 0 Å². The SMILES string of the molecule is CC(=O)Oc1ccc(NC(=O)COc2ccc(C)cc2)cc1C(=O)O. The zero-order chi connectivity index (χ0) is 18.4. The van der Waals surface area contributed by atoms with Gasteiger partial charge in [-0.25, -0.2) is 4.79 Å². The molecule has 0 radical (unpaired) electrons. The topological polar surface area (TPSA) is 102 Å². The number of amides is 1. The standard InChI is InChI=1S/C18H17NO6/c1-11-3-6-14(7-4-11)24-10-17(21)19-13-5-8-16(25-12(2)20)15(9-13)18(22)23/h3-9H,10H2,1-2H3,(H,19,21)(H,22,23). The van der Waals surface area contributed by atoms with Gasteiger partial charge in [-0.1, -0.05) is 17.7 Å². The Morgan fingerprint density at radius 2 is 1.76 bits per heavy atom. The Bertz CT molecular complexity index is 798. The molecule has 1 amide bonds. The number of carboxylic acid groups (broad SMARTS) is 1. The van der Waals surface area contributed by atoms with Gasteiger partial charge >= 0.3 is 11.9 Å². The van der Waals surface area contributed by atoms with E-state index in [0.717, 1.165) is 5.56 Å². The summed E-state index contributed by atoms with van der Waals surface area (Å²) < 4.78 is 10.2. The lowest BCUT2D eigenvalue weighted by atomic mass is 10.1. The minimum atomic E-state index is -1.27. The Morgan fingerprint density at radius 1 is 1.08 bits per heavy atom. The molecule has 2 aromatic carbocycles. The van der Waals surface area contributed by atoms with Crippen LogP contribution in [0.1, 0.15) is 22.8 Å². The highest BCUT2D eigenvalue weighted by molar-refractivity contribution is 5.96. The van der Waals surface area contributed by atoms with E-state index in [1.165, 1.54) is 25.1 Å². The summed E-state index contributed by atoms with van der Waals surface area (Å²) in [4.78, 5) is 34.2.